The number of carbonyl (C=O) groups is 1. The maximum atomic E-state index is 13.0. The Morgan fingerprint density at radius 2 is 1.93 bits per heavy atom. The number of H-pyrrole nitrogens is 1. The molecular formula is C25H24N10O3S2. The number of sulfone groups is 1. The smallest absolute Gasteiger partial charge is 0.276 e. The average molecular weight is 577 g/mol. The molecule has 3 aliphatic rings. The first kappa shape index (κ1) is 24.8. The zero-order chi connectivity index (χ0) is 27.8. The van der Waals surface area contributed by atoms with Crippen LogP contribution in [0.15, 0.2) is 41.0 Å². The average Bonchev–Trinajstić information content (AvgIpc) is 3.69. The molecule has 5 aromatic heterocycles. The maximum Gasteiger partial charge on any atom is 0.276 e. The van der Waals surface area contributed by atoms with Crippen molar-refractivity contribution in [1.29, 1.82) is 0 Å². The van der Waals surface area contributed by atoms with Crippen molar-refractivity contribution in [1.82, 2.24) is 44.9 Å². The first-order valence-electron chi connectivity index (χ1n) is 12.6. The zero-order valence-corrected chi connectivity index (χ0v) is 23.1. The van der Waals surface area contributed by atoms with Gasteiger partial charge in [-0.05, 0) is 32.3 Å². The number of nitrogens with two attached hydrogens (primary N) is 1. The molecule has 0 spiro atoms. The molecule has 2 aliphatic heterocycles. The molecule has 7 heterocycles. The number of nitrogen functional groups attached to an aromatic ring is 1. The fourth-order valence-corrected chi connectivity index (χ4v) is 7.73. The first-order chi connectivity index (χ1) is 19.2. The van der Waals surface area contributed by atoms with E-state index in [1.54, 1.807) is 12.4 Å². The van der Waals surface area contributed by atoms with E-state index in [-0.39, 0.29) is 40.3 Å². The molecule has 40 heavy (non-hydrogen) atoms. The number of hydrogen-bond acceptors (Lipinski definition) is 11. The largest absolute Gasteiger partial charge is 0.382 e. The Balaban J connectivity index is 1.27. The second kappa shape index (κ2) is 8.89. The van der Waals surface area contributed by atoms with Crippen LogP contribution in [0.2, 0.25) is 0 Å². The lowest BCUT2D eigenvalue weighted by Gasteiger charge is -2.55. The van der Waals surface area contributed by atoms with Gasteiger partial charge in [0.15, 0.2) is 21.2 Å². The molecular weight excluding hydrogens is 552 g/mol. The number of fused-ring (bicyclic) bond motifs is 3. The Morgan fingerprint density at radius 3 is 2.55 bits per heavy atom. The van der Waals surface area contributed by atoms with E-state index in [9.17, 15) is 13.2 Å². The van der Waals surface area contributed by atoms with Crippen molar-refractivity contribution in [3.8, 4) is 21.8 Å². The summed E-state index contributed by atoms with van der Waals surface area (Å²) in [4.78, 5) is 28.7. The topological polar surface area (TPSA) is 178 Å². The van der Waals surface area contributed by atoms with E-state index in [4.69, 9.17) is 10.7 Å². The fourth-order valence-electron chi connectivity index (χ4n) is 5.90. The van der Waals surface area contributed by atoms with Gasteiger partial charge in [-0.3, -0.25) is 9.78 Å². The highest BCUT2D eigenvalue weighted by molar-refractivity contribution is 7.91. The second-order valence-corrected chi connectivity index (χ2v) is 13.1. The van der Waals surface area contributed by atoms with Gasteiger partial charge >= 0.3 is 0 Å². The molecule has 8 rings (SSSR count). The summed E-state index contributed by atoms with van der Waals surface area (Å²) in [5, 5.41) is 17.3. The molecule has 2 bridgehead atoms. The van der Waals surface area contributed by atoms with Crippen molar-refractivity contribution in [2.24, 2.45) is 0 Å². The number of anilines is 1. The molecule has 5 aromatic rings. The lowest BCUT2D eigenvalue weighted by molar-refractivity contribution is -0.0201. The number of pyridine rings is 1. The van der Waals surface area contributed by atoms with E-state index in [2.05, 4.69) is 30.5 Å². The Labute approximate surface area is 232 Å². The summed E-state index contributed by atoms with van der Waals surface area (Å²) in [6.07, 6.45) is 7.88. The van der Waals surface area contributed by atoms with E-state index in [0.29, 0.717) is 29.7 Å². The van der Waals surface area contributed by atoms with Gasteiger partial charge in [-0.1, -0.05) is 6.07 Å². The van der Waals surface area contributed by atoms with Gasteiger partial charge < -0.3 is 10.6 Å². The Hall–Kier alpha value is -4.24. The quantitative estimate of drug-likeness (QED) is 0.316. The molecule has 0 unspecified atom stereocenters. The van der Waals surface area contributed by atoms with Crippen LogP contribution in [-0.4, -0.2) is 77.5 Å². The van der Waals surface area contributed by atoms with Crippen molar-refractivity contribution < 1.29 is 13.2 Å². The summed E-state index contributed by atoms with van der Waals surface area (Å²) in [7, 11) is -3.73. The third-order valence-corrected chi connectivity index (χ3v) is 9.79. The summed E-state index contributed by atoms with van der Waals surface area (Å²) in [5.74, 6) is -0.355. The van der Waals surface area contributed by atoms with Gasteiger partial charge in [0.05, 0.1) is 23.8 Å². The highest BCUT2D eigenvalue weighted by atomic mass is 32.2. The third-order valence-electron chi connectivity index (χ3n) is 7.65. The number of aromatic nitrogens is 8. The second-order valence-electron chi connectivity index (χ2n) is 10.3. The number of aryl methyl sites for hydroxylation is 1. The molecule has 3 N–H and O–H groups in total. The van der Waals surface area contributed by atoms with E-state index < -0.39 is 9.84 Å². The summed E-state index contributed by atoms with van der Waals surface area (Å²) in [6, 6.07) is 3.72. The molecule has 13 nitrogen and oxygen atoms in total. The highest BCUT2D eigenvalue weighted by Gasteiger charge is 2.50. The molecule has 1 amide bonds. The summed E-state index contributed by atoms with van der Waals surface area (Å²) >= 11 is 1.53. The summed E-state index contributed by atoms with van der Waals surface area (Å²) in [5.41, 5.74) is 10.8. The minimum atomic E-state index is -3.73. The predicted molar refractivity (Wildman–Crippen MR) is 146 cm³/mol. The molecule has 1 aliphatic carbocycles. The molecule has 3 fully saturated rings. The molecule has 2 saturated heterocycles. The summed E-state index contributed by atoms with van der Waals surface area (Å²) < 4.78 is 27.3. The number of amides is 1. The minimum absolute atomic E-state index is 0.0112. The van der Waals surface area contributed by atoms with Crippen LogP contribution >= 0.6 is 11.3 Å². The van der Waals surface area contributed by atoms with Crippen LogP contribution in [0.4, 0.5) is 5.82 Å². The number of rotatable bonds is 5. The third kappa shape index (κ3) is 3.87. The standard InChI is InChI=1S/C25H24N10O3S2/c1-12-11-39-24(30-12)18-4-3-13(8-27-18)17-9-29-35-22(26)21(40(2,37)38)20(31-23(17)35)14-5-15-7-16(6-14)34(15)25(36)19-10-28-33-32-19/h3-4,8-11,14-16H,5-7,26H2,1-2H3,(H,28,32,33)/t14-,15+,16-. The lowest BCUT2D eigenvalue weighted by Crippen LogP contribution is -2.62. The highest BCUT2D eigenvalue weighted by Crippen LogP contribution is 2.47. The van der Waals surface area contributed by atoms with E-state index in [1.807, 2.05) is 29.3 Å². The number of thiazole rings is 1. The van der Waals surface area contributed by atoms with E-state index >= 15 is 0 Å². The van der Waals surface area contributed by atoms with Crippen LogP contribution < -0.4 is 5.73 Å². The van der Waals surface area contributed by atoms with Crippen molar-refractivity contribution >= 4 is 38.5 Å². The van der Waals surface area contributed by atoms with Crippen molar-refractivity contribution in [3.05, 3.63) is 53.2 Å². The van der Waals surface area contributed by atoms with Crippen molar-refractivity contribution in [3.63, 3.8) is 0 Å². The SMILES string of the molecule is Cc1csc(-c2ccc(-c3cnn4c(N)c(S(C)(=O)=O)c([C@H]5C[C@@H]6C[C@H](C5)N6C(=O)c5cn[nH]n5)nc34)cn2)n1. The lowest BCUT2D eigenvalue weighted by atomic mass is 9.72. The van der Waals surface area contributed by atoms with Crippen LogP contribution in [0.25, 0.3) is 27.5 Å². The van der Waals surface area contributed by atoms with Crippen LogP contribution in [0.1, 0.15) is 47.1 Å². The van der Waals surface area contributed by atoms with E-state index in [1.165, 1.54) is 22.0 Å². The molecule has 3 atom stereocenters. The van der Waals surface area contributed by atoms with Gasteiger partial charge in [0.2, 0.25) is 0 Å². The molecule has 15 heteroatoms. The van der Waals surface area contributed by atoms with Crippen molar-refractivity contribution in [2.75, 3.05) is 12.0 Å². The Morgan fingerprint density at radius 1 is 1.12 bits per heavy atom. The molecule has 1 saturated carbocycles. The first-order valence-corrected chi connectivity index (χ1v) is 15.4. The zero-order valence-electron chi connectivity index (χ0n) is 21.5. The number of aromatic amines is 1. The van der Waals surface area contributed by atoms with Gasteiger partial charge in [-0.2, -0.15) is 25.0 Å². The summed E-state index contributed by atoms with van der Waals surface area (Å²) in [6.45, 7) is 1.94. The fraction of sp³-hybridized carbons (Fsp3) is 0.320. The van der Waals surface area contributed by atoms with Gasteiger partial charge in [-0.15, -0.1) is 11.3 Å². The van der Waals surface area contributed by atoms with E-state index in [0.717, 1.165) is 34.6 Å². The normalized spacial score (nSPS) is 20.6. The Bertz CT molecular complexity index is 1870. The van der Waals surface area contributed by atoms with Crippen LogP contribution in [0, 0.1) is 6.92 Å². The monoisotopic (exact) mass is 576 g/mol. The number of nitrogens with zero attached hydrogens (tertiary/aromatic N) is 8. The molecule has 0 aromatic carbocycles. The minimum Gasteiger partial charge on any atom is -0.382 e. The number of nitrogens with one attached hydrogen (secondary N) is 1. The number of piperidine rings is 1. The van der Waals surface area contributed by atoms with Gasteiger partial charge in [-0.25, -0.2) is 18.4 Å². The number of hydrogen-bond donors (Lipinski definition) is 2. The van der Waals surface area contributed by atoms with Crippen LogP contribution in [0.3, 0.4) is 0 Å². The van der Waals surface area contributed by atoms with Crippen LogP contribution in [-0.2, 0) is 9.84 Å². The van der Waals surface area contributed by atoms with Gasteiger partial charge in [0.25, 0.3) is 5.91 Å². The number of carbonyl (C=O) groups excluding carboxylic acids is 1. The van der Waals surface area contributed by atoms with Gasteiger partial charge in [0.1, 0.15) is 15.7 Å². The van der Waals surface area contributed by atoms with Crippen molar-refractivity contribution in [2.45, 2.75) is 49.1 Å². The molecule has 0 radical (unpaired) electrons. The molecule has 204 valence electrons. The predicted octanol–water partition coefficient (Wildman–Crippen LogP) is 2.49. The van der Waals surface area contributed by atoms with Gasteiger partial charge in [0, 0.05) is 52.7 Å². The maximum absolute atomic E-state index is 13.0. The van der Waals surface area contributed by atoms with Crippen LogP contribution in [0.5, 0.6) is 0 Å². The Kier molecular flexibility index (Phi) is 5.51.